The van der Waals surface area contributed by atoms with Gasteiger partial charge in [-0.25, -0.2) is 4.39 Å². The number of hydrogen-bond acceptors (Lipinski definition) is 2. The molecule has 0 heterocycles. The van der Waals surface area contributed by atoms with Crippen molar-refractivity contribution >= 4 is 17.5 Å². The van der Waals surface area contributed by atoms with E-state index in [4.69, 9.17) is 17.3 Å². The summed E-state index contributed by atoms with van der Waals surface area (Å²) in [6.45, 7) is 3.22. The fraction of sp³-hybridized carbons (Fsp3) is 0.364. The number of carbonyl (C=O) groups excluding carboxylic acids is 1. The quantitative estimate of drug-likeness (QED) is 0.855. The van der Waals surface area contributed by atoms with Crippen LogP contribution in [0.15, 0.2) is 18.2 Å². The van der Waals surface area contributed by atoms with Crippen LogP contribution < -0.4 is 11.1 Å². The molecule has 0 aliphatic heterocycles. The normalized spacial score (nSPS) is 14.3. The summed E-state index contributed by atoms with van der Waals surface area (Å²) in [6.07, 6.45) is 0. The number of halogens is 2. The molecule has 0 spiro atoms. The second-order valence-electron chi connectivity index (χ2n) is 3.65. The van der Waals surface area contributed by atoms with Crippen LogP contribution in [0.5, 0.6) is 0 Å². The van der Waals surface area contributed by atoms with E-state index in [9.17, 15) is 9.18 Å². The monoisotopic (exact) mass is 244 g/mol. The van der Waals surface area contributed by atoms with E-state index in [0.29, 0.717) is 0 Å². The third-order valence-corrected chi connectivity index (χ3v) is 2.53. The molecule has 0 fully saturated rings. The van der Waals surface area contributed by atoms with Crippen molar-refractivity contribution in [1.29, 1.82) is 0 Å². The van der Waals surface area contributed by atoms with Gasteiger partial charge in [0.05, 0.1) is 12.1 Å². The number of hydrogen-bond donors (Lipinski definition) is 2. The van der Waals surface area contributed by atoms with Crippen molar-refractivity contribution in [3.05, 3.63) is 34.6 Å². The van der Waals surface area contributed by atoms with Crippen LogP contribution in [0.3, 0.4) is 0 Å². The SMILES string of the molecule is CC(NC(=O)[C@@H](C)N)c1c(F)cccc1Cl. The molecule has 1 aromatic carbocycles. The summed E-state index contributed by atoms with van der Waals surface area (Å²) in [5.41, 5.74) is 5.68. The van der Waals surface area contributed by atoms with Gasteiger partial charge in [-0.2, -0.15) is 0 Å². The van der Waals surface area contributed by atoms with Crippen LogP contribution in [0.25, 0.3) is 0 Å². The zero-order valence-electron chi connectivity index (χ0n) is 9.13. The van der Waals surface area contributed by atoms with Gasteiger partial charge in [-0.15, -0.1) is 0 Å². The van der Waals surface area contributed by atoms with Crippen LogP contribution in [0, 0.1) is 5.82 Å². The molecule has 2 atom stereocenters. The van der Waals surface area contributed by atoms with Crippen molar-refractivity contribution < 1.29 is 9.18 Å². The summed E-state index contributed by atoms with van der Waals surface area (Å²) in [7, 11) is 0. The molecule has 0 aliphatic carbocycles. The van der Waals surface area contributed by atoms with Gasteiger partial charge in [-0.3, -0.25) is 4.79 Å². The first-order valence-corrected chi connectivity index (χ1v) is 5.31. The largest absolute Gasteiger partial charge is 0.348 e. The predicted octanol–water partition coefficient (Wildman–Crippen LogP) is 2.00. The number of amides is 1. The molecule has 0 aliphatic rings. The fourth-order valence-electron chi connectivity index (χ4n) is 1.34. The molecular formula is C11H14ClFN2O. The molecular weight excluding hydrogens is 231 g/mol. The average molecular weight is 245 g/mol. The van der Waals surface area contributed by atoms with Crippen LogP contribution >= 0.6 is 11.6 Å². The highest BCUT2D eigenvalue weighted by atomic mass is 35.5. The molecule has 0 aromatic heterocycles. The Labute approximate surface area is 98.8 Å². The lowest BCUT2D eigenvalue weighted by atomic mass is 10.1. The molecule has 1 amide bonds. The first-order chi connectivity index (χ1) is 7.43. The maximum absolute atomic E-state index is 13.5. The number of benzene rings is 1. The number of rotatable bonds is 3. The summed E-state index contributed by atoms with van der Waals surface area (Å²) < 4.78 is 13.5. The van der Waals surface area contributed by atoms with Crippen LogP contribution in [0.1, 0.15) is 25.5 Å². The Bertz CT molecular complexity index is 375. The molecule has 3 N–H and O–H groups in total. The minimum absolute atomic E-state index is 0.276. The summed E-state index contributed by atoms with van der Waals surface area (Å²) >= 11 is 5.86. The van der Waals surface area contributed by atoms with E-state index < -0.39 is 17.9 Å². The molecule has 0 bridgehead atoms. The number of nitrogens with one attached hydrogen (secondary N) is 1. The number of nitrogens with two attached hydrogens (primary N) is 1. The first-order valence-electron chi connectivity index (χ1n) is 4.93. The van der Waals surface area contributed by atoms with Gasteiger partial charge in [-0.05, 0) is 26.0 Å². The minimum Gasteiger partial charge on any atom is -0.348 e. The van der Waals surface area contributed by atoms with E-state index in [2.05, 4.69) is 5.32 Å². The van der Waals surface area contributed by atoms with Crippen molar-refractivity contribution in [1.82, 2.24) is 5.32 Å². The first kappa shape index (κ1) is 12.9. The predicted molar refractivity (Wildman–Crippen MR) is 61.6 cm³/mol. The third kappa shape index (κ3) is 2.93. The van der Waals surface area contributed by atoms with E-state index in [1.807, 2.05) is 0 Å². The fourth-order valence-corrected chi connectivity index (χ4v) is 1.67. The van der Waals surface area contributed by atoms with E-state index in [1.54, 1.807) is 19.9 Å². The zero-order valence-corrected chi connectivity index (χ0v) is 9.88. The Morgan fingerprint density at radius 1 is 1.50 bits per heavy atom. The minimum atomic E-state index is -0.631. The molecule has 0 saturated carbocycles. The Hall–Kier alpha value is -1.13. The molecule has 1 unspecified atom stereocenters. The molecule has 5 heteroatoms. The van der Waals surface area contributed by atoms with Gasteiger partial charge < -0.3 is 11.1 Å². The molecule has 3 nitrogen and oxygen atoms in total. The lowest BCUT2D eigenvalue weighted by Gasteiger charge is -2.17. The lowest BCUT2D eigenvalue weighted by molar-refractivity contribution is -0.122. The summed E-state index contributed by atoms with van der Waals surface area (Å²) in [6, 6.07) is 3.26. The van der Waals surface area contributed by atoms with Crippen molar-refractivity contribution in [3.8, 4) is 0 Å². The van der Waals surface area contributed by atoms with Gasteiger partial charge in [0.2, 0.25) is 5.91 Å². The molecule has 88 valence electrons. The lowest BCUT2D eigenvalue weighted by Crippen LogP contribution is -2.39. The summed E-state index contributed by atoms with van der Waals surface area (Å²) in [5.74, 6) is -0.781. The van der Waals surface area contributed by atoms with Crippen LogP contribution in [0.2, 0.25) is 5.02 Å². The Kier molecular flexibility index (Phi) is 4.26. The van der Waals surface area contributed by atoms with Gasteiger partial charge >= 0.3 is 0 Å². The Balaban J connectivity index is 2.88. The average Bonchev–Trinajstić information content (AvgIpc) is 2.16. The summed E-state index contributed by atoms with van der Waals surface area (Å²) in [5, 5.41) is 2.88. The van der Waals surface area contributed by atoms with Crippen molar-refractivity contribution in [2.75, 3.05) is 0 Å². The van der Waals surface area contributed by atoms with Gasteiger partial charge in [0.25, 0.3) is 0 Å². The topological polar surface area (TPSA) is 55.1 Å². The van der Waals surface area contributed by atoms with Gasteiger partial charge in [0.1, 0.15) is 5.82 Å². The molecule has 0 radical (unpaired) electrons. The highest BCUT2D eigenvalue weighted by Crippen LogP contribution is 2.25. The molecule has 1 aromatic rings. The Morgan fingerprint density at radius 3 is 2.62 bits per heavy atom. The second-order valence-corrected chi connectivity index (χ2v) is 4.06. The van der Waals surface area contributed by atoms with Crippen LogP contribution in [0.4, 0.5) is 4.39 Å². The smallest absolute Gasteiger partial charge is 0.237 e. The molecule has 16 heavy (non-hydrogen) atoms. The standard InChI is InChI=1S/C11H14ClFN2O/c1-6(14)11(16)15-7(2)10-8(12)4-3-5-9(10)13/h3-7H,14H2,1-2H3,(H,15,16)/t6-,7?/m1/s1. The van der Waals surface area contributed by atoms with E-state index in [0.717, 1.165) is 0 Å². The number of carbonyl (C=O) groups is 1. The van der Waals surface area contributed by atoms with Gasteiger partial charge in [0.15, 0.2) is 0 Å². The summed E-state index contributed by atoms with van der Waals surface area (Å²) in [4.78, 5) is 11.3. The van der Waals surface area contributed by atoms with Gasteiger partial charge in [-0.1, -0.05) is 17.7 Å². The second kappa shape index (κ2) is 5.27. The van der Waals surface area contributed by atoms with Crippen LogP contribution in [-0.2, 0) is 4.79 Å². The van der Waals surface area contributed by atoms with E-state index >= 15 is 0 Å². The Morgan fingerprint density at radius 2 is 2.12 bits per heavy atom. The maximum atomic E-state index is 13.5. The van der Waals surface area contributed by atoms with Crippen molar-refractivity contribution in [2.45, 2.75) is 25.9 Å². The van der Waals surface area contributed by atoms with Crippen molar-refractivity contribution in [2.24, 2.45) is 5.73 Å². The zero-order chi connectivity index (χ0) is 12.3. The molecule has 0 saturated heterocycles. The van der Waals surface area contributed by atoms with Crippen molar-refractivity contribution in [3.63, 3.8) is 0 Å². The highest BCUT2D eigenvalue weighted by Gasteiger charge is 2.18. The highest BCUT2D eigenvalue weighted by molar-refractivity contribution is 6.31. The van der Waals surface area contributed by atoms with E-state index in [1.165, 1.54) is 12.1 Å². The third-order valence-electron chi connectivity index (χ3n) is 2.21. The van der Waals surface area contributed by atoms with E-state index in [-0.39, 0.29) is 16.5 Å². The maximum Gasteiger partial charge on any atom is 0.237 e. The molecule has 1 rings (SSSR count). The van der Waals surface area contributed by atoms with Gasteiger partial charge in [0, 0.05) is 10.6 Å². The van der Waals surface area contributed by atoms with Crippen LogP contribution in [-0.4, -0.2) is 11.9 Å².